The average molecular weight is 636 g/mol. The highest BCUT2D eigenvalue weighted by atomic mass is 15.0. The van der Waals surface area contributed by atoms with Gasteiger partial charge in [-0.15, -0.1) is 0 Å². The van der Waals surface area contributed by atoms with Gasteiger partial charge in [0, 0.05) is 16.7 Å². The third-order valence-corrected chi connectivity index (χ3v) is 10.8. The smallest absolute Gasteiger partial charge is 0.164 e. The average Bonchev–Trinajstić information content (AvgIpc) is 3.13. The molecule has 5 aromatic carbocycles. The van der Waals surface area contributed by atoms with E-state index in [1.807, 2.05) is 24.3 Å². The van der Waals surface area contributed by atoms with Crippen molar-refractivity contribution < 1.29 is 0 Å². The van der Waals surface area contributed by atoms with Crippen LogP contribution in [0.2, 0.25) is 0 Å². The van der Waals surface area contributed by atoms with E-state index in [1.54, 1.807) is 24.3 Å². The Balaban J connectivity index is 1.21. The maximum Gasteiger partial charge on any atom is 0.164 e. The zero-order valence-electron chi connectivity index (χ0n) is 27.9. The summed E-state index contributed by atoms with van der Waals surface area (Å²) in [6, 6.07) is 41.2. The predicted octanol–water partition coefficient (Wildman–Crippen LogP) is 10.5. The largest absolute Gasteiger partial charge is 0.208 e. The molecule has 4 atom stereocenters. The van der Waals surface area contributed by atoms with Crippen LogP contribution in [0.1, 0.15) is 62.6 Å². The van der Waals surface area contributed by atoms with Gasteiger partial charge in [-0.05, 0) is 131 Å². The van der Waals surface area contributed by atoms with Crippen LogP contribution in [-0.2, 0) is 5.41 Å². The van der Waals surface area contributed by atoms with E-state index in [1.165, 1.54) is 48.8 Å². The second kappa shape index (κ2) is 12.4. The standard InChI is InChI=1S/C44H37N5/c1-28-21-32-22-29(2)24-44(23-28,25-32)36-19-17-33(18-20-36)37-5-3-7-39-38(37)6-4-8-40(39)43-48-41(34-13-9-30(26-45)10-14-34)47-42(49-43)35-15-11-31(27-46)12-16-35/h3-20,28-29,32H,21-25H2,1-2H3/t28-,29+,32?,44?. The normalized spacial score (nSPS) is 21.5. The zero-order valence-corrected chi connectivity index (χ0v) is 27.9. The first kappa shape index (κ1) is 30.7. The second-order valence-corrected chi connectivity index (χ2v) is 14.4. The number of nitriles is 2. The molecular formula is C44H37N5. The molecule has 5 nitrogen and oxygen atoms in total. The monoisotopic (exact) mass is 635 g/mol. The molecule has 5 heteroatoms. The molecule has 6 aromatic rings. The molecule has 8 rings (SSSR count). The van der Waals surface area contributed by atoms with Crippen molar-refractivity contribution in [3.8, 4) is 57.4 Å². The highest BCUT2D eigenvalue weighted by molar-refractivity contribution is 6.03. The van der Waals surface area contributed by atoms with E-state index in [4.69, 9.17) is 15.0 Å². The van der Waals surface area contributed by atoms with Crippen LogP contribution in [0.5, 0.6) is 0 Å². The van der Waals surface area contributed by atoms with Crippen LogP contribution < -0.4 is 0 Å². The van der Waals surface area contributed by atoms with Crippen LogP contribution in [0.15, 0.2) is 109 Å². The van der Waals surface area contributed by atoms with Crippen LogP contribution >= 0.6 is 0 Å². The molecule has 49 heavy (non-hydrogen) atoms. The molecule has 0 saturated heterocycles. The molecule has 0 aliphatic heterocycles. The van der Waals surface area contributed by atoms with Crippen molar-refractivity contribution >= 4 is 10.8 Å². The van der Waals surface area contributed by atoms with Gasteiger partial charge in [0.15, 0.2) is 17.5 Å². The van der Waals surface area contributed by atoms with Gasteiger partial charge >= 0.3 is 0 Å². The van der Waals surface area contributed by atoms with Gasteiger partial charge in [-0.1, -0.05) is 74.5 Å². The number of rotatable bonds is 5. The minimum Gasteiger partial charge on any atom is -0.208 e. The Bertz CT molecular complexity index is 2160. The fourth-order valence-electron chi connectivity index (χ4n) is 8.96. The van der Waals surface area contributed by atoms with E-state index in [9.17, 15) is 10.5 Å². The topological polar surface area (TPSA) is 86.2 Å². The first-order valence-corrected chi connectivity index (χ1v) is 17.3. The quantitative estimate of drug-likeness (QED) is 0.188. The van der Waals surface area contributed by atoms with Crippen molar-refractivity contribution in [2.24, 2.45) is 17.8 Å². The predicted molar refractivity (Wildman–Crippen MR) is 195 cm³/mol. The summed E-state index contributed by atoms with van der Waals surface area (Å²) in [5.74, 6) is 4.04. The molecule has 2 bridgehead atoms. The zero-order chi connectivity index (χ0) is 33.5. The Hall–Kier alpha value is -5.65. The molecule has 1 heterocycles. The molecular weight excluding hydrogens is 599 g/mol. The molecule has 238 valence electrons. The Morgan fingerprint density at radius 1 is 0.531 bits per heavy atom. The van der Waals surface area contributed by atoms with Crippen LogP contribution in [-0.4, -0.2) is 15.0 Å². The Morgan fingerprint density at radius 3 is 1.53 bits per heavy atom. The summed E-state index contributed by atoms with van der Waals surface area (Å²) in [5, 5.41) is 20.9. The van der Waals surface area contributed by atoms with Gasteiger partial charge in [-0.3, -0.25) is 0 Å². The van der Waals surface area contributed by atoms with Gasteiger partial charge in [-0.2, -0.15) is 10.5 Å². The van der Waals surface area contributed by atoms with Crippen LogP contribution in [0.25, 0.3) is 56.1 Å². The highest BCUT2D eigenvalue weighted by Gasteiger charge is 2.45. The molecule has 0 spiro atoms. The lowest BCUT2D eigenvalue weighted by Crippen LogP contribution is -2.42. The van der Waals surface area contributed by atoms with Gasteiger partial charge in [0.05, 0.1) is 23.3 Å². The summed E-state index contributed by atoms with van der Waals surface area (Å²) in [6.45, 7) is 4.90. The van der Waals surface area contributed by atoms with E-state index in [0.29, 0.717) is 34.0 Å². The van der Waals surface area contributed by atoms with E-state index >= 15 is 0 Å². The summed E-state index contributed by atoms with van der Waals surface area (Å²) in [4.78, 5) is 14.8. The fraction of sp³-hybridized carbons (Fsp3) is 0.250. The lowest BCUT2D eigenvalue weighted by Gasteiger charge is -2.50. The number of hydrogen-bond acceptors (Lipinski definition) is 5. The van der Waals surface area contributed by atoms with Crippen molar-refractivity contribution in [2.75, 3.05) is 0 Å². The SMILES string of the molecule is C[C@@H]1CC2C[C@H](C)CC(c3ccc(-c4cccc5c(-c6nc(-c7ccc(C#N)cc7)nc(-c7ccc(C#N)cc7)n6)cccc45)cc3)(C2)C1. The summed E-state index contributed by atoms with van der Waals surface area (Å²) in [5.41, 5.74) is 7.87. The molecule has 2 unspecified atom stereocenters. The minimum absolute atomic E-state index is 0.308. The van der Waals surface area contributed by atoms with Gasteiger partial charge in [0.2, 0.25) is 0 Å². The van der Waals surface area contributed by atoms with Gasteiger partial charge < -0.3 is 0 Å². The van der Waals surface area contributed by atoms with Crippen LogP contribution in [0.3, 0.4) is 0 Å². The Morgan fingerprint density at radius 2 is 1.00 bits per heavy atom. The van der Waals surface area contributed by atoms with Crippen molar-refractivity contribution in [1.29, 1.82) is 10.5 Å². The molecule has 0 N–H and O–H groups in total. The molecule has 2 saturated carbocycles. The lowest BCUT2D eigenvalue weighted by atomic mass is 9.54. The number of fused-ring (bicyclic) bond motifs is 3. The van der Waals surface area contributed by atoms with Gasteiger partial charge in [0.25, 0.3) is 0 Å². The number of hydrogen-bond donors (Lipinski definition) is 0. The van der Waals surface area contributed by atoms with Crippen molar-refractivity contribution in [3.63, 3.8) is 0 Å². The molecule has 2 aliphatic rings. The lowest BCUT2D eigenvalue weighted by molar-refractivity contribution is 0.0780. The maximum atomic E-state index is 9.35. The van der Waals surface area contributed by atoms with Crippen molar-refractivity contribution in [2.45, 2.75) is 51.4 Å². The summed E-state index contributed by atoms with van der Waals surface area (Å²) in [6.07, 6.45) is 6.69. The molecule has 0 amide bonds. The fourth-order valence-corrected chi connectivity index (χ4v) is 8.96. The maximum absolute atomic E-state index is 9.35. The second-order valence-electron chi connectivity index (χ2n) is 14.4. The molecule has 0 radical (unpaired) electrons. The number of benzene rings is 5. The minimum atomic E-state index is 0.308. The molecule has 1 aromatic heterocycles. The Kier molecular flexibility index (Phi) is 7.77. The summed E-state index contributed by atoms with van der Waals surface area (Å²) in [7, 11) is 0. The molecule has 2 fully saturated rings. The first-order valence-electron chi connectivity index (χ1n) is 17.3. The summed E-state index contributed by atoms with van der Waals surface area (Å²) < 4.78 is 0. The Labute approximate surface area is 288 Å². The molecule has 2 aliphatic carbocycles. The van der Waals surface area contributed by atoms with E-state index in [2.05, 4.69) is 86.6 Å². The first-order chi connectivity index (χ1) is 23.9. The van der Waals surface area contributed by atoms with Crippen molar-refractivity contribution in [3.05, 3.63) is 126 Å². The van der Waals surface area contributed by atoms with Crippen LogP contribution in [0, 0.1) is 40.4 Å². The van der Waals surface area contributed by atoms with Gasteiger partial charge in [0.1, 0.15) is 0 Å². The summed E-state index contributed by atoms with van der Waals surface area (Å²) >= 11 is 0. The highest BCUT2D eigenvalue weighted by Crippen LogP contribution is 2.54. The number of nitrogens with zero attached hydrogens (tertiary/aromatic N) is 5. The van der Waals surface area contributed by atoms with E-state index in [-0.39, 0.29) is 0 Å². The third-order valence-electron chi connectivity index (χ3n) is 10.8. The number of aromatic nitrogens is 3. The van der Waals surface area contributed by atoms with Crippen molar-refractivity contribution in [1.82, 2.24) is 15.0 Å². The van der Waals surface area contributed by atoms with Crippen LogP contribution in [0.4, 0.5) is 0 Å². The van der Waals surface area contributed by atoms with E-state index < -0.39 is 0 Å². The van der Waals surface area contributed by atoms with Gasteiger partial charge in [-0.25, -0.2) is 15.0 Å². The van der Waals surface area contributed by atoms with E-state index in [0.717, 1.165) is 45.2 Å². The third kappa shape index (κ3) is 5.77.